The van der Waals surface area contributed by atoms with Crippen molar-refractivity contribution in [2.45, 2.75) is 46.1 Å². The third kappa shape index (κ3) is 5.89. The maximum atomic E-state index is 13.2. The lowest BCUT2D eigenvalue weighted by Crippen LogP contribution is -2.35. The van der Waals surface area contributed by atoms with Crippen LogP contribution < -0.4 is 20.7 Å². The Morgan fingerprint density at radius 3 is 1.95 bits per heavy atom. The number of hydrazone groups is 1. The third-order valence-electron chi connectivity index (χ3n) is 9.14. The van der Waals surface area contributed by atoms with Crippen molar-refractivity contribution in [1.82, 2.24) is 9.99 Å². The number of carbonyl (C=O) groups is 1. The Bertz CT molecular complexity index is 1740. The fourth-order valence-electron chi connectivity index (χ4n) is 6.46. The summed E-state index contributed by atoms with van der Waals surface area (Å²) in [4.78, 5) is 42.6. The third-order valence-corrected chi connectivity index (χ3v) is 9.14. The molecular formula is C34H38N6O4. The van der Waals surface area contributed by atoms with Crippen LogP contribution >= 0.6 is 0 Å². The molecule has 228 valence electrons. The molecule has 0 spiro atoms. The average Bonchev–Trinajstić information content (AvgIpc) is 3.03. The van der Waals surface area contributed by atoms with Gasteiger partial charge in [0.05, 0.1) is 22.2 Å². The van der Waals surface area contributed by atoms with Crippen LogP contribution in [0.1, 0.15) is 45.1 Å². The molecule has 0 atom stereocenters. The van der Waals surface area contributed by atoms with Crippen LogP contribution in [0.15, 0.2) is 70.6 Å². The number of piperidine rings is 2. The number of rotatable bonds is 7. The topological polar surface area (TPSA) is 113 Å². The van der Waals surface area contributed by atoms with Gasteiger partial charge in [0.2, 0.25) is 0 Å². The van der Waals surface area contributed by atoms with Gasteiger partial charge in [-0.3, -0.25) is 19.7 Å². The lowest BCUT2D eigenvalue weighted by atomic mass is 9.96. The lowest BCUT2D eigenvalue weighted by molar-refractivity contribution is -0.384. The van der Waals surface area contributed by atoms with Gasteiger partial charge in [-0.2, -0.15) is 5.10 Å². The monoisotopic (exact) mass is 594 g/mol. The number of nitro groups is 1. The summed E-state index contributed by atoms with van der Waals surface area (Å²) in [6, 6.07) is 18.0. The highest BCUT2D eigenvalue weighted by Gasteiger charge is 2.28. The first-order valence-electron chi connectivity index (χ1n) is 15.4. The van der Waals surface area contributed by atoms with E-state index in [0.29, 0.717) is 44.9 Å². The van der Waals surface area contributed by atoms with Crippen molar-refractivity contribution >= 4 is 51.0 Å². The molecule has 2 aliphatic heterocycles. The highest BCUT2D eigenvalue weighted by Crippen LogP contribution is 2.38. The SMILES string of the molecule is CC1CCN(c2cc(N3CCC(C)CC3)c([N+](=O)[O-])cc2/C=N\NC(=O)Cn2c3ccccc3c(=O)c3ccccc32)CC1. The summed E-state index contributed by atoms with van der Waals surface area (Å²) in [7, 11) is 0. The second-order valence-corrected chi connectivity index (χ2v) is 12.2. The minimum absolute atomic E-state index is 0.0488. The molecule has 0 radical (unpaired) electrons. The smallest absolute Gasteiger partial charge is 0.293 e. The average molecular weight is 595 g/mol. The van der Waals surface area contributed by atoms with Gasteiger partial charge >= 0.3 is 0 Å². The van der Waals surface area contributed by atoms with E-state index < -0.39 is 0 Å². The Balaban J connectivity index is 1.31. The first kappa shape index (κ1) is 29.3. The van der Waals surface area contributed by atoms with Crippen LogP contribution in [-0.4, -0.2) is 47.8 Å². The molecule has 3 aromatic carbocycles. The largest absolute Gasteiger partial charge is 0.371 e. The molecule has 2 fully saturated rings. The van der Waals surface area contributed by atoms with Gasteiger partial charge in [-0.05, 0) is 67.9 Å². The van der Waals surface area contributed by atoms with Crippen LogP contribution in [0.4, 0.5) is 17.1 Å². The fourth-order valence-corrected chi connectivity index (χ4v) is 6.46. The number of anilines is 2. The van der Waals surface area contributed by atoms with E-state index in [9.17, 15) is 19.7 Å². The Hall–Kier alpha value is -4.73. The lowest BCUT2D eigenvalue weighted by Gasteiger charge is -2.35. The number of nitrogens with zero attached hydrogens (tertiary/aromatic N) is 5. The van der Waals surface area contributed by atoms with Crippen LogP contribution in [0.3, 0.4) is 0 Å². The van der Waals surface area contributed by atoms with E-state index in [1.807, 2.05) is 47.0 Å². The zero-order valence-electron chi connectivity index (χ0n) is 25.2. The minimum atomic E-state index is -0.373. The summed E-state index contributed by atoms with van der Waals surface area (Å²) in [5, 5.41) is 17.6. The number of hydrogen-bond donors (Lipinski definition) is 1. The molecule has 3 heterocycles. The first-order valence-corrected chi connectivity index (χ1v) is 15.4. The van der Waals surface area contributed by atoms with E-state index in [4.69, 9.17) is 0 Å². The molecule has 10 heteroatoms. The van der Waals surface area contributed by atoms with Crippen molar-refractivity contribution in [2.75, 3.05) is 36.0 Å². The normalized spacial score (nSPS) is 16.7. The molecule has 1 N–H and O–H groups in total. The molecule has 6 rings (SSSR count). The number of fused-ring (bicyclic) bond motifs is 2. The van der Waals surface area contributed by atoms with Crippen molar-refractivity contribution in [3.63, 3.8) is 0 Å². The molecule has 0 aliphatic carbocycles. The Morgan fingerprint density at radius 1 is 0.886 bits per heavy atom. The number of amides is 1. The first-order chi connectivity index (χ1) is 21.3. The van der Waals surface area contributed by atoms with Gasteiger partial charge in [0, 0.05) is 54.3 Å². The summed E-state index contributed by atoms with van der Waals surface area (Å²) in [5.41, 5.74) is 6.06. The van der Waals surface area contributed by atoms with Gasteiger partial charge in [-0.1, -0.05) is 38.1 Å². The van der Waals surface area contributed by atoms with E-state index in [1.165, 1.54) is 6.21 Å². The molecule has 2 saturated heterocycles. The summed E-state index contributed by atoms with van der Waals surface area (Å²) in [6.45, 7) is 7.71. The molecular weight excluding hydrogens is 556 g/mol. The van der Waals surface area contributed by atoms with Crippen molar-refractivity contribution in [1.29, 1.82) is 0 Å². The number of carbonyl (C=O) groups excluding carboxylic acids is 1. The van der Waals surface area contributed by atoms with Crippen molar-refractivity contribution in [2.24, 2.45) is 16.9 Å². The second-order valence-electron chi connectivity index (χ2n) is 12.2. The van der Waals surface area contributed by atoms with Gasteiger partial charge in [0.1, 0.15) is 12.2 Å². The van der Waals surface area contributed by atoms with E-state index in [0.717, 1.165) is 57.5 Å². The Labute approximate surface area is 256 Å². The number of hydrogen-bond acceptors (Lipinski definition) is 7. The molecule has 1 amide bonds. The van der Waals surface area contributed by atoms with Crippen LogP contribution in [0, 0.1) is 22.0 Å². The number of pyridine rings is 1. The van der Waals surface area contributed by atoms with Gasteiger partial charge in [0.15, 0.2) is 5.43 Å². The highest BCUT2D eigenvalue weighted by molar-refractivity contribution is 5.96. The molecule has 44 heavy (non-hydrogen) atoms. The summed E-state index contributed by atoms with van der Waals surface area (Å²) < 4.78 is 1.82. The van der Waals surface area contributed by atoms with Gasteiger partial charge in [-0.15, -0.1) is 0 Å². The second kappa shape index (κ2) is 12.5. The Morgan fingerprint density at radius 2 is 1.41 bits per heavy atom. The molecule has 4 aromatic rings. The van der Waals surface area contributed by atoms with Crippen LogP contribution in [0.25, 0.3) is 21.8 Å². The molecule has 10 nitrogen and oxygen atoms in total. The van der Waals surface area contributed by atoms with Crippen LogP contribution in [-0.2, 0) is 11.3 Å². The molecule has 0 saturated carbocycles. The van der Waals surface area contributed by atoms with Gasteiger partial charge in [-0.25, -0.2) is 5.43 Å². The summed E-state index contributed by atoms with van der Waals surface area (Å²) >= 11 is 0. The zero-order valence-corrected chi connectivity index (χ0v) is 25.2. The van der Waals surface area contributed by atoms with Crippen molar-refractivity contribution in [3.05, 3.63) is 86.6 Å². The van der Waals surface area contributed by atoms with Gasteiger partial charge < -0.3 is 14.4 Å². The minimum Gasteiger partial charge on any atom is -0.371 e. The predicted octanol–water partition coefficient (Wildman–Crippen LogP) is 5.69. The number of aromatic nitrogens is 1. The quantitative estimate of drug-likeness (QED) is 0.127. The summed E-state index contributed by atoms with van der Waals surface area (Å²) in [5.74, 6) is 0.863. The number of nitro benzene ring substituents is 1. The number of para-hydroxylation sites is 2. The van der Waals surface area contributed by atoms with Crippen LogP contribution in [0.5, 0.6) is 0 Å². The van der Waals surface area contributed by atoms with Crippen molar-refractivity contribution in [3.8, 4) is 0 Å². The molecule has 0 unspecified atom stereocenters. The number of benzene rings is 3. The Kier molecular flexibility index (Phi) is 8.32. The maximum Gasteiger partial charge on any atom is 0.293 e. The van der Waals surface area contributed by atoms with Gasteiger partial charge in [0.25, 0.3) is 11.6 Å². The zero-order chi connectivity index (χ0) is 30.8. The fraction of sp³-hybridized carbons (Fsp3) is 0.382. The van der Waals surface area contributed by atoms with Crippen molar-refractivity contribution < 1.29 is 9.72 Å². The number of nitrogens with one attached hydrogen (secondary N) is 1. The molecule has 2 aliphatic rings. The van der Waals surface area contributed by atoms with E-state index in [2.05, 4.69) is 34.2 Å². The van der Waals surface area contributed by atoms with E-state index >= 15 is 0 Å². The standard InChI is InChI=1S/C34H38N6O4/c1-23-11-15-37(16-12-23)30-20-31(38-17-13-24(2)14-18-38)32(40(43)44)19-25(30)21-35-36-33(41)22-39-28-9-5-3-7-26(28)34(42)27-8-4-6-10-29(27)39/h3-10,19-21,23-24H,11-18,22H2,1-2H3,(H,36,41)/b35-21-. The summed E-state index contributed by atoms with van der Waals surface area (Å²) in [6.07, 6.45) is 5.61. The highest BCUT2D eigenvalue weighted by atomic mass is 16.6. The molecule has 0 bridgehead atoms. The molecule has 1 aromatic heterocycles. The maximum absolute atomic E-state index is 13.2. The van der Waals surface area contributed by atoms with E-state index in [1.54, 1.807) is 18.2 Å². The van der Waals surface area contributed by atoms with E-state index in [-0.39, 0.29) is 28.5 Å². The van der Waals surface area contributed by atoms with Crippen LogP contribution in [0.2, 0.25) is 0 Å². The predicted molar refractivity (Wildman–Crippen MR) is 176 cm³/mol.